The molecule has 1 atom stereocenters. The molecule has 3 fully saturated rings. The Morgan fingerprint density at radius 1 is 0.911 bits per heavy atom. The lowest BCUT2D eigenvalue weighted by molar-refractivity contribution is 0.184. The number of benzene rings is 1. The molecule has 250 valence electrons. The average molecular weight is 643 g/mol. The van der Waals surface area contributed by atoms with Crippen LogP contribution in [-0.4, -0.2) is 89.2 Å². The third kappa shape index (κ3) is 11.2. The van der Waals surface area contributed by atoms with Gasteiger partial charge in [-0.15, -0.1) is 0 Å². The van der Waals surface area contributed by atoms with Gasteiger partial charge in [0.1, 0.15) is 11.6 Å². The minimum Gasteiger partial charge on any atom is -0.383 e. The van der Waals surface area contributed by atoms with Crippen molar-refractivity contribution in [2.75, 3.05) is 74.5 Å². The highest BCUT2D eigenvalue weighted by atomic mass is 31.2. The van der Waals surface area contributed by atoms with Crippen LogP contribution in [0, 0.1) is 11.8 Å². The predicted molar refractivity (Wildman–Crippen MR) is 183 cm³/mol. The van der Waals surface area contributed by atoms with E-state index in [1.807, 2.05) is 24.3 Å². The van der Waals surface area contributed by atoms with Gasteiger partial charge in [-0.25, -0.2) is 0 Å². The highest BCUT2D eigenvalue weighted by molar-refractivity contribution is 7.51. The van der Waals surface area contributed by atoms with Crippen molar-refractivity contribution >= 4 is 25.2 Å². The molecule has 2 aromatic rings. The Kier molecular flexibility index (Phi) is 12.9. The lowest BCUT2D eigenvalue weighted by Gasteiger charge is -2.42. The molecule has 12 heteroatoms. The Bertz CT molecular complexity index is 1200. The lowest BCUT2D eigenvalue weighted by atomic mass is 9.82. The van der Waals surface area contributed by atoms with Crippen LogP contribution in [0.3, 0.4) is 0 Å². The molecular formula is C33H55N8O3P. The SMILES string of the molecule is Nc1cc(N2CCN(CCP(=O)(O)O)C(c3ccccc3)C2)nc(NC[C@H]2CC[C@H](CNCCCNC3CCCCC3)CC2)n1. The second-order valence-corrected chi connectivity index (χ2v) is 15.2. The van der Waals surface area contributed by atoms with Crippen LogP contribution in [-0.2, 0) is 4.57 Å². The van der Waals surface area contributed by atoms with Crippen LogP contribution in [0.5, 0.6) is 0 Å². The number of anilines is 3. The third-order valence-electron chi connectivity index (χ3n) is 9.93. The van der Waals surface area contributed by atoms with Gasteiger partial charge < -0.3 is 36.4 Å². The van der Waals surface area contributed by atoms with E-state index in [1.54, 1.807) is 0 Å². The van der Waals surface area contributed by atoms with Gasteiger partial charge >= 0.3 is 7.60 Å². The van der Waals surface area contributed by atoms with Crippen molar-refractivity contribution in [2.24, 2.45) is 11.8 Å². The number of nitrogens with two attached hydrogens (primary N) is 1. The number of nitrogens with one attached hydrogen (secondary N) is 3. The highest BCUT2D eigenvalue weighted by Gasteiger charge is 2.31. The number of hydrogen-bond donors (Lipinski definition) is 6. The van der Waals surface area contributed by atoms with Gasteiger partial charge in [0.15, 0.2) is 0 Å². The van der Waals surface area contributed by atoms with Crippen LogP contribution in [0.25, 0.3) is 0 Å². The molecule has 45 heavy (non-hydrogen) atoms. The van der Waals surface area contributed by atoms with Crippen molar-refractivity contribution < 1.29 is 14.4 Å². The number of hydrogen-bond acceptors (Lipinski definition) is 9. The Morgan fingerprint density at radius 3 is 2.38 bits per heavy atom. The molecule has 1 saturated heterocycles. The number of aromatic nitrogens is 2. The fourth-order valence-corrected chi connectivity index (χ4v) is 7.77. The molecule has 1 aromatic heterocycles. The molecule has 2 saturated carbocycles. The second-order valence-electron chi connectivity index (χ2n) is 13.4. The molecule has 0 bridgehead atoms. The van der Waals surface area contributed by atoms with E-state index in [2.05, 4.69) is 42.9 Å². The molecular weight excluding hydrogens is 587 g/mol. The number of piperazine rings is 1. The third-order valence-corrected chi connectivity index (χ3v) is 10.7. The second kappa shape index (κ2) is 17.0. The van der Waals surface area contributed by atoms with E-state index >= 15 is 0 Å². The molecule has 7 N–H and O–H groups in total. The molecule has 2 heterocycles. The molecule has 2 aliphatic carbocycles. The van der Waals surface area contributed by atoms with E-state index in [0.29, 0.717) is 43.9 Å². The molecule has 3 aliphatic rings. The maximum Gasteiger partial charge on any atom is 0.326 e. The summed E-state index contributed by atoms with van der Waals surface area (Å²) in [7, 11) is -4.08. The Morgan fingerprint density at radius 2 is 1.64 bits per heavy atom. The normalized spacial score (nSPS) is 23.7. The summed E-state index contributed by atoms with van der Waals surface area (Å²) in [5.74, 6) is 3.15. The zero-order valence-electron chi connectivity index (χ0n) is 26.8. The van der Waals surface area contributed by atoms with E-state index in [-0.39, 0.29) is 12.2 Å². The van der Waals surface area contributed by atoms with Crippen LogP contribution in [0.2, 0.25) is 0 Å². The van der Waals surface area contributed by atoms with Gasteiger partial charge in [-0.1, -0.05) is 49.6 Å². The van der Waals surface area contributed by atoms with E-state index in [0.717, 1.165) is 49.5 Å². The summed E-state index contributed by atoms with van der Waals surface area (Å²) >= 11 is 0. The van der Waals surface area contributed by atoms with Crippen molar-refractivity contribution in [1.29, 1.82) is 0 Å². The van der Waals surface area contributed by atoms with Crippen LogP contribution < -0.4 is 26.6 Å². The summed E-state index contributed by atoms with van der Waals surface area (Å²) in [6.07, 6.45) is 12.9. The molecule has 0 spiro atoms. The minimum atomic E-state index is -4.08. The Hall–Kier alpha value is -2.27. The molecule has 1 aliphatic heterocycles. The fourth-order valence-electron chi connectivity index (χ4n) is 7.25. The predicted octanol–water partition coefficient (Wildman–Crippen LogP) is 4.22. The monoisotopic (exact) mass is 642 g/mol. The van der Waals surface area contributed by atoms with Crippen molar-refractivity contribution in [2.45, 2.75) is 76.3 Å². The Labute approximate surface area is 269 Å². The fraction of sp³-hybridized carbons (Fsp3) is 0.697. The van der Waals surface area contributed by atoms with Crippen LogP contribution in [0.15, 0.2) is 36.4 Å². The number of rotatable bonds is 15. The van der Waals surface area contributed by atoms with Crippen molar-refractivity contribution in [1.82, 2.24) is 25.5 Å². The average Bonchev–Trinajstić information content (AvgIpc) is 3.05. The standard InChI is InChI=1S/C33H55N8O3P/c34-31-22-32(41-19-18-40(20-21-45(42,43)44)30(25-41)28-8-3-1-4-9-28)39-33(38-31)37-24-27-14-12-26(13-15-27)23-35-16-7-17-36-29-10-5-2-6-11-29/h1,3-4,8-9,22,26-27,29-30,35-36H,2,5-7,10-21,23-25H2,(H2,42,43,44)(H3,34,37,38,39)/t26-,27-,30?. The summed E-state index contributed by atoms with van der Waals surface area (Å²) < 4.78 is 11.6. The van der Waals surface area contributed by atoms with E-state index in [1.165, 1.54) is 64.2 Å². The zero-order valence-corrected chi connectivity index (χ0v) is 27.7. The lowest BCUT2D eigenvalue weighted by Crippen LogP contribution is -2.49. The first-order valence-electron chi connectivity index (χ1n) is 17.2. The summed E-state index contributed by atoms with van der Waals surface area (Å²) in [5, 5.41) is 10.9. The first kappa shape index (κ1) is 34.1. The van der Waals surface area contributed by atoms with E-state index < -0.39 is 7.60 Å². The quantitative estimate of drug-likeness (QED) is 0.122. The van der Waals surface area contributed by atoms with Gasteiger partial charge in [0.05, 0.1) is 12.2 Å². The molecule has 0 amide bonds. The molecule has 11 nitrogen and oxygen atoms in total. The summed E-state index contributed by atoms with van der Waals surface area (Å²) in [6, 6.07) is 12.7. The van der Waals surface area contributed by atoms with Crippen LogP contribution in [0.1, 0.15) is 75.8 Å². The van der Waals surface area contributed by atoms with Crippen LogP contribution >= 0.6 is 7.60 Å². The Balaban J connectivity index is 1.05. The summed E-state index contributed by atoms with van der Waals surface area (Å²) in [4.78, 5) is 32.7. The van der Waals surface area contributed by atoms with Gasteiger partial charge in [0, 0.05) is 44.8 Å². The first-order valence-corrected chi connectivity index (χ1v) is 19.0. The largest absolute Gasteiger partial charge is 0.383 e. The van der Waals surface area contributed by atoms with Gasteiger partial charge in [-0.2, -0.15) is 9.97 Å². The van der Waals surface area contributed by atoms with Gasteiger partial charge in [0.25, 0.3) is 0 Å². The molecule has 0 radical (unpaired) electrons. The van der Waals surface area contributed by atoms with Gasteiger partial charge in [-0.3, -0.25) is 9.46 Å². The number of nitrogen functional groups attached to an aromatic ring is 1. The summed E-state index contributed by atoms with van der Waals surface area (Å²) in [6.45, 7) is 6.55. The maximum atomic E-state index is 11.6. The van der Waals surface area contributed by atoms with Gasteiger partial charge in [-0.05, 0) is 82.0 Å². The van der Waals surface area contributed by atoms with Crippen molar-refractivity contribution in [3.05, 3.63) is 42.0 Å². The van der Waals surface area contributed by atoms with Crippen molar-refractivity contribution in [3.8, 4) is 0 Å². The van der Waals surface area contributed by atoms with E-state index in [9.17, 15) is 14.4 Å². The minimum absolute atomic E-state index is 0.0120. The topological polar surface area (TPSA) is 152 Å². The summed E-state index contributed by atoms with van der Waals surface area (Å²) in [5.41, 5.74) is 7.37. The zero-order chi connectivity index (χ0) is 31.5. The molecule has 1 aromatic carbocycles. The maximum absolute atomic E-state index is 11.6. The molecule has 5 rings (SSSR count). The van der Waals surface area contributed by atoms with E-state index in [4.69, 9.17) is 10.7 Å². The smallest absolute Gasteiger partial charge is 0.326 e. The van der Waals surface area contributed by atoms with Gasteiger partial charge in [0.2, 0.25) is 5.95 Å². The van der Waals surface area contributed by atoms with Crippen molar-refractivity contribution in [3.63, 3.8) is 0 Å². The first-order chi connectivity index (χ1) is 21.8. The molecule has 1 unspecified atom stereocenters. The number of nitrogens with zero attached hydrogens (tertiary/aromatic N) is 4. The van der Waals surface area contributed by atoms with Crippen LogP contribution in [0.4, 0.5) is 17.6 Å². The highest BCUT2D eigenvalue weighted by Crippen LogP contribution is 2.36.